The van der Waals surface area contributed by atoms with E-state index in [1.54, 1.807) is 0 Å². The van der Waals surface area contributed by atoms with E-state index in [4.69, 9.17) is 5.73 Å². The van der Waals surface area contributed by atoms with Gasteiger partial charge in [-0.15, -0.1) is 0 Å². The molecule has 1 aliphatic heterocycles. The second-order valence-corrected chi connectivity index (χ2v) is 5.41. The number of rotatable bonds is 3. The van der Waals surface area contributed by atoms with Crippen molar-refractivity contribution in [1.82, 2.24) is 4.90 Å². The number of nitrogens with two attached hydrogens (primary N) is 1. The first kappa shape index (κ1) is 15.4. The summed E-state index contributed by atoms with van der Waals surface area (Å²) in [6.45, 7) is 2.92. The molecule has 0 aromatic heterocycles. The third kappa shape index (κ3) is 3.36. The van der Waals surface area contributed by atoms with Crippen LogP contribution in [0.4, 0.5) is 10.1 Å². The Morgan fingerprint density at radius 2 is 2.10 bits per heavy atom. The number of carbonyl (C=O) groups is 1. The Balaban J connectivity index is 2.14. The SMILES string of the molecule is CC(N)C1CCN(C(=O)c2cc([N+](=O)[O-])ccc2F)CC1. The number of benzene rings is 1. The second kappa shape index (κ2) is 6.17. The van der Waals surface area contributed by atoms with E-state index >= 15 is 0 Å². The van der Waals surface area contributed by atoms with Gasteiger partial charge in [-0.3, -0.25) is 14.9 Å². The van der Waals surface area contributed by atoms with Crippen molar-refractivity contribution in [2.75, 3.05) is 13.1 Å². The second-order valence-electron chi connectivity index (χ2n) is 5.41. The molecule has 1 saturated heterocycles. The van der Waals surface area contributed by atoms with Crippen LogP contribution < -0.4 is 5.73 Å². The van der Waals surface area contributed by atoms with Crippen molar-refractivity contribution in [1.29, 1.82) is 0 Å². The van der Waals surface area contributed by atoms with Gasteiger partial charge < -0.3 is 10.6 Å². The maximum Gasteiger partial charge on any atom is 0.270 e. The Hall–Kier alpha value is -2.02. The zero-order valence-corrected chi connectivity index (χ0v) is 11.8. The van der Waals surface area contributed by atoms with Gasteiger partial charge in [0.2, 0.25) is 0 Å². The summed E-state index contributed by atoms with van der Waals surface area (Å²) < 4.78 is 13.8. The lowest BCUT2D eigenvalue weighted by molar-refractivity contribution is -0.384. The van der Waals surface area contributed by atoms with Gasteiger partial charge in [0.25, 0.3) is 11.6 Å². The lowest BCUT2D eigenvalue weighted by Gasteiger charge is -2.33. The molecular formula is C14H18FN3O3. The zero-order valence-electron chi connectivity index (χ0n) is 11.8. The molecule has 0 spiro atoms. The molecule has 1 atom stereocenters. The van der Waals surface area contributed by atoms with Crippen molar-refractivity contribution in [3.63, 3.8) is 0 Å². The molecule has 114 valence electrons. The molecule has 1 fully saturated rings. The van der Waals surface area contributed by atoms with Gasteiger partial charge in [0.05, 0.1) is 10.5 Å². The number of amides is 1. The number of carbonyl (C=O) groups excluding carboxylic acids is 1. The summed E-state index contributed by atoms with van der Waals surface area (Å²) in [5, 5.41) is 10.7. The van der Waals surface area contributed by atoms with Crippen LogP contribution in [-0.4, -0.2) is 34.9 Å². The number of piperidine rings is 1. The predicted octanol–water partition coefficient (Wildman–Crippen LogP) is 1.93. The maximum atomic E-state index is 13.8. The zero-order chi connectivity index (χ0) is 15.6. The van der Waals surface area contributed by atoms with E-state index < -0.39 is 16.6 Å². The highest BCUT2D eigenvalue weighted by molar-refractivity contribution is 5.95. The summed E-state index contributed by atoms with van der Waals surface area (Å²) in [6, 6.07) is 3.07. The minimum Gasteiger partial charge on any atom is -0.339 e. The first-order valence-corrected chi connectivity index (χ1v) is 6.89. The summed E-state index contributed by atoms with van der Waals surface area (Å²) in [5.41, 5.74) is 5.31. The van der Waals surface area contributed by atoms with Crippen LogP contribution in [0.2, 0.25) is 0 Å². The number of non-ortho nitro benzene ring substituents is 1. The fourth-order valence-electron chi connectivity index (χ4n) is 2.59. The molecule has 2 N–H and O–H groups in total. The van der Waals surface area contributed by atoms with Gasteiger partial charge >= 0.3 is 0 Å². The Kier molecular flexibility index (Phi) is 4.52. The maximum absolute atomic E-state index is 13.8. The molecule has 21 heavy (non-hydrogen) atoms. The van der Waals surface area contributed by atoms with E-state index in [9.17, 15) is 19.3 Å². The number of nitro groups is 1. The van der Waals surface area contributed by atoms with Gasteiger partial charge in [0.1, 0.15) is 5.82 Å². The normalized spacial score (nSPS) is 17.6. The van der Waals surface area contributed by atoms with Crippen LogP contribution in [0.1, 0.15) is 30.1 Å². The highest BCUT2D eigenvalue weighted by Crippen LogP contribution is 2.23. The minimum atomic E-state index is -0.736. The molecule has 6 nitrogen and oxygen atoms in total. The van der Waals surface area contributed by atoms with Crippen LogP contribution in [0, 0.1) is 21.8 Å². The van der Waals surface area contributed by atoms with Gasteiger partial charge in [-0.25, -0.2) is 4.39 Å². The topological polar surface area (TPSA) is 89.5 Å². The highest BCUT2D eigenvalue weighted by Gasteiger charge is 2.27. The third-order valence-electron chi connectivity index (χ3n) is 3.96. The average molecular weight is 295 g/mol. The highest BCUT2D eigenvalue weighted by atomic mass is 19.1. The Labute approximate surface area is 121 Å². The van der Waals surface area contributed by atoms with Gasteiger partial charge in [0, 0.05) is 31.3 Å². The molecule has 1 aliphatic rings. The van der Waals surface area contributed by atoms with Crippen molar-refractivity contribution in [2.24, 2.45) is 11.7 Å². The van der Waals surface area contributed by atoms with E-state index in [2.05, 4.69) is 0 Å². The van der Waals surface area contributed by atoms with Crippen LogP contribution in [0.25, 0.3) is 0 Å². The average Bonchev–Trinajstić information content (AvgIpc) is 2.47. The molecule has 0 bridgehead atoms. The van der Waals surface area contributed by atoms with Crippen LogP contribution in [0.3, 0.4) is 0 Å². The van der Waals surface area contributed by atoms with Crippen molar-refractivity contribution in [3.05, 3.63) is 39.7 Å². The van der Waals surface area contributed by atoms with Crippen LogP contribution >= 0.6 is 0 Å². The number of hydrogen-bond donors (Lipinski definition) is 1. The molecule has 0 aliphatic carbocycles. The fourth-order valence-corrected chi connectivity index (χ4v) is 2.59. The minimum absolute atomic E-state index is 0.0665. The molecule has 1 unspecified atom stereocenters. The summed E-state index contributed by atoms with van der Waals surface area (Å²) in [6.07, 6.45) is 1.53. The molecular weight excluding hydrogens is 277 g/mol. The molecule has 0 saturated carbocycles. The molecule has 1 heterocycles. The lowest BCUT2D eigenvalue weighted by atomic mass is 9.90. The van der Waals surface area contributed by atoms with Gasteiger partial charge in [-0.05, 0) is 31.7 Å². The van der Waals surface area contributed by atoms with Gasteiger partial charge in [-0.1, -0.05) is 0 Å². The van der Waals surface area contributed by atoms with Crippen LogP contribution in [0.15, 0.2) is 18.2 Å². The monoisotopic (exact) mass is 295 g/mol. The Morgan fingerprint density at radius 1 is 1.48 bits per heavy atom. The van der Waals surface area contributed by atoms with E-state index in [1.165, 1.54) is 4.90 Å². The number of halogens is 1. The van der Waals surface area contributed by atoms with E-state index in [-0.39, 0.29) is 17.3 Å². The lowest BCUT2D eigenvalue weighted by Crippen LogP contribution is -2.42. The van der Waals surface area contributed by atoms with Crippen LogP contribution in [0.5, 0.6) is 0 Å². The molecule has 2 rings (SSSR count). The number of nitrogens with zero attached hydrogens (tertiary/aromatic N) is 2. The van der Waals surface area contributed by atoms with Crippen molar-refractivity contribution < 1.29 is 14.1 Å². The first-order valence-electron chi connectivity index (χ1n) is 6.89. The molecule has 7 heteroatoms. The van der Waals surface area contributed by atoms with Gasteiger partial charge in [0.15, 0.2) is 0 Å². The van der Waals surface area contributed by atoms with E-state index in [0.717, 1.165) is 31.0 Å². The van der Waals surface area contributed by atoms with E-state index in [1.807, 2.05) is 6.92 Å². The van der Waals surface area contributed by atoms with Gasteiger partial charge in [-0.2, -0.15) is 0 Å². The standard InChI is InChI=1S/C14H18FN3O3/c1-9(16)10-4-6-17(7-5-10)14(19)12-8-11(18(20)21)2-3-13(12)15/h2-3,8-10H,4-7,16H2,1H3. The predicted molar refractivity (Wildman–Crippen MR) is 75.3 cm³/mol. The first-order chi connectivity index (χ1) is 9.90. The Morgan fingerprint density at radius 3 is 2.62 bits per heavy atom. The summed E-state index contributed by atoms with van der Waals surface area (Å²) >= 11 is 0. The van der Waals surface area contributed by atoms with Crippen molar-refractivity contribution in [3.8, 4) is 0 Å². The van der Waals surface area contributed by atoms with Crippen molar-refractivity contribution >= 4 is 11.6 Å². The third-order valence-corrected chi connectivity index (χ3v) is 3.96. The molecule has 1 amide bonds. The fraction of sp³-hybridized carbons (Fsp3) is 0.500. The smallest absolute Gasteiger partial charge is 0.270 e. The quantitative estimate of drug-likeness (QED) is 0.681. The number of nitro benzene ring substituents is 1. The molecule has 0 radical (unpaired) electrons. The van der Waals surface area contributed by atoms with Crippen LogP contribution in [-0.2, 0) is 0 Å². The summed E-state index contributed by atoms with van der Waals surface area (Å²) in [7, 11) is 0. The molecule has 1 aromatic carbocycles. The number of hydrogen-bond acceptors (Lipinski definition) is 4. The van der Waals surface area contributed by atoms with Crippen molar-refractivity contribution in [2.45, 2.75) is 25.8 Å². The summed E-state index contributed by atoms with van der Waals surface area (Å²) in [5.74, 6) is -0.886. The largest absolute Gasteiger partial charge is 0.339 e. The Bertz CT molecular complexity index is 554. The number of likely N-dealkylation sites (tertiary alicyclic amines) is 1. The molecule has 1 aromatic rings. The van der Waals surface area contributed by atoms with E-state index in [0.29, 0.717) is 19.0 Å². The summed E-state index contributed by atoms with van der Waals surface area (Å²) in [4.78, 5) is 23.9.